The summed E-state index contributed by atoms with van der Waals surface area (Å²) in [5.74, 6) is -0.0581. The van der Waals surface area contributed by atoms with Gasteiger partial charge in [0.05, 0.1) is 18.8 Å². The van der Waals surface area contributed by atoms with Gasteiger partial charge < -0.3 is 15.5 Å². The van der Waals surface area contributed by atoms with Gasteiger partial charge in [0.15, 0.2) is 0 Å². The number of allylic oxidation sites excluding steroid dienone is 11. The van der Waals surface area contributed by atoms with E-state index >= 15 is 0 Å². The summed E-state index contributed by atoms with van der Waals surface area (Å²) in [5, 5.41) is 23.3. The van der Waals surface area contributed by atoms with Crippen LogP contribution in [-0.2, 0) is 4.79 Å². The van der Waals surface area contributed by atoms with E-state index in [1.54, 1.807) is 6.08 Å². The third kappa shape index (κ3) is 62.7. The minimum Gasteiger partial charge on any atom is -0.394 e. The van der Waals surface area contributed by atoms with Gasteiger partial charge in [0, 0.05) is 6.42 Å². The quantitative estimate of drug-likeness (QED) is 0.0420. The molecule has 4 heteroatoms. The monoisotopic (exact) mass is 1060 g/mol. The Morgan fingerprint density at radius 3 is 0.868 bits per heavy atom. The topological polar surface area (TPSA) is 69.6 Å². The molecule has 2 unspecified atom stereocenters. The van der Waals surface area contributed by atoms with E-state index < -0.39 is 12.1 Å². The number of aliphatic hydroxyl groups is 2. The zero-order valence-electron chi connectivity index (χ0n) is 51.3. The van der Waals surface area contributed by atoms with E-state index in [9.17, 15) is 15.0 Å². The molecule has 1 amide bonds. The minimum atomic E-state index is -0.842. The third-order valence-electron chi connectivity index (χ3n) is 15.7. The summed E-state index contributed by atoms with van der Waals surface area (Å²) in [5.41, 5.74) is 0. The molecule has 76 heavy (non-hydrogen) atoms. The number of rotatable bonds is 63. The summed E-state index contributed by atoms with van der Waals surface area (Å²) in [6.45, 7) is 4.23. The van der Waals surface area contributed by atoms with Crippen LogP contribution in [0, 0.1) is 0 Å². The van der Waals surface area contributed by atoms with Crippen LogP contribution in [0.2, 0.25) is 0 Å². The van der Waals surface area contributed by atoms with E-state index in [2.05, 4.69) is 79.9 Å². The fourth-order valence-corrected chi connectivity index (χ4v) is 10.6. The molecule has 0 aromatic carbocycles. The Bertz CT molecular complexity index is 1290. The molecule has 0 aliphatic rings. The molecule has 0 spiro atoms. The van der Waals surface area contributed by atoms with Gasteiger partial charge in [-0.25, -0.2) is 0 Å². The molecule has 3 N–H and O–H groups in total. The first-order valence-corrected chi connectivity index (χ1v) is 34.2. The van der Waals surface area contributed by atoms with Gasteiger partial charge >= 0.3 is 0 Å². The van der Waals surface area contributed by atoms with Crippen molar-refractivity contribution >= 4 is 5.91 Å². The highest BCUT2D eigenvalue weighted by Gasteiger charge is 2.18. The van der Waals surface area contributed by atoms with Gasteiger partial charge in [0.2, 0.25) is 5.91 Å². The molecule has 0 saturated carbocycles. The van der Waals surface area contributed by atoms with Crippen LogP contribution < -0.4 is 5.32 Å². The lowest BCUT2D eigenvalue weighted by atomic mass is 10.0. The van der Waals surface area contributed by atoms with E-state index in [1.807, 2.05) is 6.08 Å². The Morgan fingerprint density at radius 1 is 0.329 bits per heavy atom. The van der Waals surface area contributed by atoms with Gasteiger partial charge in [-0.1, -0.05) is 363 Å². The molecule has 444 valence electrons. The van der Waals surface area contributed by atoms with Gasteiger partial charge in [0.25, 0.3) is 0 Å². The first-order chi connectivity index (χ1) is 37.7. The van der Waals surface area contributed by atoms with Crippen molar-refractivity contribution in [3.05, 3.63) is 72.9 Å². The summed E-state index contributed by atoms with van der Waals surface area (Å²) in [4.78, 5) is 12.5. The number of hydrogen-bond donors (Lipinski definition) is 3. The fraction of sp³-hybridized carbons (Fsp3) is 0.819. The zero-order valence-corrected chi connectivity index (χ0v) is 51.3. The lowest BCUT2D eigenvalue weighted by Crippen LogP contribution is -2.45. The van der Waals surface area contributed by atoms with Crippen molar-refractivity contribution in [3.8, 4) is 0 Å². The smallest absolute Gasteiger partial charge is 0.220 e. The van der Waals surface area contributed by atoms with Gasteiger partial charge in [0.1, 0.15) is 0 Å². The maximum Gasteiger partial charge on any atom is 0.220 e. The predicted molar refractivity (Wildman–Crippen MR) is 341 cm³/mol. The number of carbonyl (C=O) groups is 1. The third-order valence-corrected chi connectivity index (χ3v) is 15.7. The maximum absolute atomic E-state index is 12.5. The second-order valence-electron chi connectivity index (χ2n) is 23.2. The van der Waals surface area contributed by atoms with Crippen LogP contribution >= 0.6 is 0 Å². The SMILES string of the molecule is CC/C=C\C/C=C\C/C=C\C/C=C\C/C=C\CCCCCCCCCCCCCCCCCCCCCCCC(=O)NC(CO)C(O)/C=C/CCCCCCCCCCCCCCCCCCCCCCCCCCC. The van der Waals surface area contributed by atoms with Gasteiger partial charge in [-0.3, -0.25) is 4.79 Å². The Morgan fingerprint density at radius 2 is 0.579 bits per heavy atom. The van der Waals surface area contributed by atoms with Crippen LogP contribution in [0.15, 0.2) is 72.9 Å². The van der Waals surface area contributed by atoms with E-state index in [0.29, 0.717) is 6.42 Å². The molecule has 0 rings (SSSR count). The summed E-state index contributed by atoms with van der Waals surface area (Å²) in [7, 11) is 0. The first kappa shape index (κ1) is 73.8. The van der Waals surface area contributed by atoms with E-state index in [4.69, 9.17) is 0 Å². The van der Waals surface area contributed by atoms with E-state index in [0.717, 1.165) is 57.8 Å². The average Bonchev–Trinajstić information content (AvgIpc) is 3.42. The van der Waals surface area contributed by atoms with Crippen molar-refractivity contribution in [1.82, 2.24) is 5.32 Å². The molecule has 0 aliphatic carbocycles. The van der Waals surface area contributed by atoms with Crippen molar-refractivity contribution < 1.29 is 15.0 Å². The minimum absolute atomic E-state index is 0.0581. The highest BCUT2D eigenvalue weighted by molar-refractivity contribution is 5.76. The second kappa shape index (κ2) is 67.1. The number of unbranched alkanes of at least 4 members (excludes halogenated alkanes) is 46. The van der Waals surface area contributed by atoms with Gasteiger partial charge in [-0.15, -0.1) is 0 Å². The van der Waals surface area contributed by atoms with Crippen LogP contribution in [0.5, 0.6) is 0 Å². The van der Waals surface area contributed by atoms with Crippen LogP contribution in [0.4, 0.5) is 0 Å². The normalized spacial score (nSPS) is 13.2. The number of nitrogens with one attached hydrogen (secondary N) is 1. The number of carbonyl (C=O) groups excluding carboxylic acids is 1. The van der Waals surface area contributed by atoms with Crippen molar-refractivity contribution in [1.29, 1.82) is 0 Å². The predicted octanol–water partition coefficient (Wildman–Crippen LogP) is 23.3. The lowest BCUT2D eigenvalue weighted by molar-refractivity contribution is -0.123. The summed E-state index contributed by atoms with van der Waals surface area (Å²) in [6, 6.07) is -0.624. The molecule has 4 nitrogen and oxygen atoms in total. The standard InChI is InChI=1S/C72H133NO3/c1-3-5-7-9-11-13-15-17-19-21-23-25-27-29-31-32-33-34-35-36-37-38-39-40-42-44-46-48-50-52-54-56-58-60-62-64-66-68-72(76)73-70(69-74)71(75)67-65-63-61-59-57-55-53-51-49-47-45-43-41-30-28-26-24-22-20-18-16-14-12-10-8-6-4-2/h5,7,11,13,17,19,23,25,29,31,65,67,70-71,74-75H,3-4,6,8-10,12,14-16,18,20-22,24,26-28,30,32-64,66,68-69H2,1-2H3,(H,73,76)/b7-5-,13-11-,19-17-,25-23-,31-29-,67-65+. The van der Waals surface area contributed by atoms with Crippen molar-refractivity contribution in [3.63, 3.8) is 0 Å². The Labute approximate surface area is 476 Å². The van der Waals surface area contributed by atoms with Crippen LogP contribution in [-0.4, -0.2) is 34.9 Å². The molecular formula is C72H133NO3. The van der Waals surface area contributed by atoms with Crippen molar-refractivity contribution in [2.45, 2.75) is 373 Å². The molecule has 0 radical (unpaired) electrons. The molecule has 0 saturated heterocycles. The fourth-order valence-electron chi connectivity index (χ4n) is 10.6. The van der Waals surface area contributed by atoms with E-state index in [1.165, 1.54) is 283 Å². The average molecular weight is 1060 g/mol. The maximum atomic E-state index is 12.5. The number of hydrogen-bond acceptors (Lipinski definition) is 3. The number of amides is 1. The van der Waals surface area contributed by atoms with Crippen molar-refractivity contribution in [2.75, 3.05) is 6.61 Å². The molecule has 0 fully saturated rings. The second-order valence-corrected chi connectivity index (χ2v) is 23.2. The van der Waals surface area contributed by atoms with E-state index in [-0.39, 0.29) is 12.5 Å². The molecule has 0 heterocycles. The Kier molecular flexibility index (Phi) is 65.2. The number of aliphatic hydroxyl groups excluding tert-OH is 2. The highest BCUT2D eigenvalue weighted by atomic mass is 16.3. The van der Waals surface area contributed by atoms with Gasteiger partial charge in [-0.2, -0.15) is 0 Å². The molecule has 0 aromatic rings. The Balaban J connectivity index is 3.44. The van der Waals surface area contributed by atoms with Crippen LogP contribution in [0.3, 0.4) is 0 Å². The molecule has 0 bridgehead atoms. The summed E-state index contributed by atoms with van der Waals surface area (Å²) >= 11 is 0. The summed E-state index contributed by atoms with van der Waals surface area (Å²) in [6.07, 6.45) is 97.0. The largest absolute Gasteiger partial charge is 0.394 e. The molecule has 0 aliphatic heterocycles. The molecule has 2 atom stereocenters. The van der Waals surface area contributed by atoms with Crippen LogP contribution in [0.25, 0.3) is 0 Å². The highest BCUT2D eigenvalue weighted by Crippen LogP contribution is 2.19. The van der Waals surface area contributed by atoms with Crippen molar-refractivity contribution in [2.24, 2.45) is 0 Å². The Hall–Kier alpha value is -2.17. The van der Waals surface area contributed by atoms with Crippen LogP contribution in [0.1, 0.15) is 361 Å². The summed E-state index contributed by atoms with van der Waals surface area (Å²) < 4.78 is 0. The van der Waals surface area contributed by atoms with Gasteiger partial charge in [-0.05, 0) is 64.2 Å². The lowest BCUT2D eigenvalue weighted by Gasteiger charge is -2.20. The molecular weight excluding hydrogens is 927 g/mol. The zero-order chi connectivity index (χ0) is 54.8. The first-order valence-electron chi connectivity index (χ1n) is 34.2. The molecule has 0 aromatic heterocycles.